The Balaban J connectivity index is 1.49. The van der Waals surface area contributed by atoms with Gasteiger partial charge in [0.15, 0.2) is 0 Å². The third kappa shape index (κ3) is 3.25. The van der Waals surface area contributed by atoms with Crippen LogP contribution in [0.4, 0.5) is 4.39 Å². The molecule has 4 heteroatoms. The van der Waals surface area contributed by atoms with Gasteiger partial charge >= 0.3 is 0 Å². The number of hydrogen-bond donors (Lipinski definition) is 0. The predicted octanol–water partition coefficient (Wildman–Crippen LogP) is 9.55. The summed E-state index contributed by atoms with van der Waals surface area (Å²) < 4.78 is 24.2. The minimum Gasteiger partial charge on any atom is -0.455 e. The Morgan fingerprint density at radius 1 is 0.590 bits per heavy atom. The van der Waals surface area contributed by atoms with Crippen molar-refractivity contribution in [2.75, 3.05) is 0 Å². The van der Waals surface area contributed by atoms with Crippen molar-refractivity contribution in [1.82, 2.24) is 9.55 Å². The minimum atomic E-state index is -0.310. The van der Waals surface area contributed by atoms with E-state index in [1.54, 1.807) is 6.07 Å². The van der Waals surface area contributed by atoms with Gasteiger partial charge in [-0.05, 0) is 47.3 Å². The molecule has 6 aromatic carbocycles. The molecule has 0 aliphatic heterocycles. The van der Waals surface area contributed by atoms with E-state index in [4.69, 9.17) is 9.40 Å². The minimum absolute atomic E-state index is 0.310. The number of fused-ring (bicyclic) bond motifs is 6. The summed E-state index contributed by atoms with van der Waals surface area (Å²) in [6.07, 6.45) is 0. The van der Waals surface area contributed by atoms with Crippen molar-refractivity contribution >= 4 is 43.7 Å². The second-order valence-corrected chi connectivity index (χ2v) is 9.71. The molecule has 8 rings (SSSR count). The van der Waals surface area contributed by atoms with Gasteiger partial charge in [-0.15, -0.1) is 0 Å². The molecule has 0 spiro atoms. The van der Waals surface area contributed by atoms with Crippen molar-refractivity contribution < 1.29 is 8.81 Å². The maximum absolute atomic E-state index is 15.5. The molecule has 0 amide bonds. The zero-order chi connectivity index (χ0) is 25.9. The van der Waals surface area contributed by atoms with Crippen LogP contribution in [0.1, 0.15) is 0 Å². The van der Waals surface area contributed by atoms with Gasteiger partial charge in [0.1, 0.15) is 22.8 Å². The first kappa shape index (κ1) is 21.8. The summed E-state index contributed by atoms with van der Waals surface area (Å²) in [5, 5.41) is 3.24. The fourth-order valence-corrected chi connectivity index (χ4v) is 5.72. The maximum Gasteiger partial charge on any atom is 0.149 e. The summed E-state index contributed by atoms with van der Waals surface area (Å²) in [6, 6.07) is 42.0. The quantitative estimate of drug-likeness (QED) is 0.240. The second kappa shape index (κ2) is 8.40. The Kier molecular flexibility index (Phi) is 4.70. The first-order chi connectivity index (χ1) is 19.3. The average molecular weight is 505 g/mol. The van der Waals surface area contributed by atoms with Gasteiger partial charge < -0.3 is 4.42 Å². The molecule has 0 unspecified atom stereocenters. The van der Waals surface area contributed by atoms with E-state index in [9.17, 15) is 0 Å². The standard InChI is InChI=1S/C35H21FN2O/c36-28-21-20-27(34-32(28)26-19-18-23-12-4-5-14-25(23)33(26)39-34)35-37-29-15-7-9-17-31(29)38(35)30-16-8-6-13-24(30)22-10-2-1-3-11-22/h1-21H. The average Bonchev–Trinajstić information content (AvgIpc) is 3.58. The molecule has 0 N–H and O–H groups in total. The smallest absolute Gasteiger partial charge is 0.149 e. The van der Waals surface area contributed by atoms with Gasteiger partial charge in [-0.1, -0.05) is 91.0 Å². The number of rotatable bonds is 3. The summed E-state index contributed by atoms with van der Waals surface area (Å²) in [7, 11) is 0. The highest BCUT2D eigenvalue weighted by atomic mass is 19.1. The Morgan fingerprint density at radius 2 is 1.36 bits per heavy atom. The van der Waals surface area contributed by atoms with Crippen molar-refractivity contribution in [3.63, 3.8) is 0 Å². The van der Waals surface area contributed by atoms with E-state index in [0.29, 0.717) is 22.4 Å². The summed E-state index contributed by atoms with van der Waals surface area (Å²) >= 11 is 0. The van der Waals surface area contributed by atoms with E-state index in [0.717, 1.165) is 49.6 Å². The van der Waals surface area contributed by atoms with Crippen LogP contribution in [-0.2, 0) is 0 Å². The van der Waals surface area contributed by atoms with Crippen LogP contribution in [0.25, 0.3) is 71.9 Å². The summed E-state index contributed by atoms with van der Waals surface area (Å²) in [5.74, 6) is 0.392. The number of hydrogen-bond acceptors (Lipinski definition) is 2. The Bertz CT molecular complexity index is 2190. The summed E-state index contributed by atoms with van der Waals surface area (Å²) in [6.45, 7) is 0. The lowest BCUT2D eigenvalue weighted by Crippen LogP contribution is -2.00. The molecule has 0 bridgehead atoms. The highest BCUT2D eigenvalue weighted by Gasteiger charge is 2.23. The van der Waals surface area contributed by atoms with E-state index in [-0.39, 0.29) is 5.82 Å². The lowest BCUT2D eigenvalue weighted by Gasteiger charge is -2.15. The molecule has 2 aromatic heterocycles. The molecule has 0 radical (unpaired) electrons. The van der Waals surface area contributed by atoms with Gasteiger partial charge in [0.25, 0.3) is 0 Å². The lowest BCUT2D eigenvalue weighted by molar-refractivity contribution is 0.634. The monoisotopic (exact) mass is 504 g/mol. The van der Waals surface area contributed by atoms with E-state index < -0.39 is 0 Å². The van der Waals surface area contributed by atoms with Crippen LogP contribution in [0.3, 0.4) is 0 Å². The van der Waals surface area contributed by atoms with Crippen LogP contribution >= 0.6 is 0 Å². The number of benzene rings is 6. The highest BCUT2D eigenvalue weighted by Crippen LogP contribution is 2.42. The number of halogens is 1. The Morgan fingerprint density at radius 3 is 2.28 bits per heavy atom. The lowest BCUT2D eigenvalue weighted by atomic mass is 10.0. The molecular weight excluding hydrogens is 483 g/mol. The van der Waals surface area contributed by atoms with Gasteiger partial charge in [-0.3, -0.25) is 4.57 Å². The first-order valence-corrected chi connectivity index (χ1v) is 12.9. The molecule has 2 heterocycles. The normalized spacial score (nSPS) is 11.7. The van der Waals surface area contributed by atoms with Crippen molar-refractivity contribution in [2.45, 2.75) is 0 Å². The van der Waals surface area contributed by atoms with E-state index in [1.165, 1.54) is 6.07 Å². The van der Waals surface area contributed by atoms with Gasteiger partial charge in [-0.25, -0.2) is 9.37 Å². The van der Waals surface area contributed by atoms with Crippen molar-refractivity contribution in [3.8, 4) is 28.2 Å². The number of furan rings is 1. The SMILES string of the molecule is Fc1ccc(-c2nc3ccccc3n2-c2ccccc2-c2ccccc2)c2oc3c4ccccc4ccc3c12. The van der Waals surface area contributed by atoms with Crippen molar-refractivity contribution in [3.05, 3.63) is 133 Å². The van der Waals surface area contributed by atoms with E-state index in [1.807, 2.05) is 84.9 Å². The van der Waals surface area contributed by atoms with Crippen molar-refractivity contribution in [1.29, 1.82) is 0 Å². The first-order valence-electron chi connectivity index (χ1n) is 12.9. The number of para-hydroxylation sites is 3. The molecule has 3 nitrogen and oxygen atoms in total. The van der Waals surface area contributed by atoms with Crippen LogP contribution in [0.2, 0.25) is 0 Å². The third-order valence-corrected chi connectivity index (χ3v) is 7.49. The fourth-order valence-electron chi connectivity index (χ4n) is 5.72. The molecule has 0 aliphatic rings. The van der Waals surface area contributed by atoms with Crippen LogP contribution < -0.4 is 0 Å². The predicted molar refractivity (Wildman–Crippen MR) is 157 cm³/mol. The fraction of sp³-hybridized carbons (Fsp3) is 0. The molecule has 184 valence electrons. The van der Waals surface area contributed by atoms with Gasteiger partial charge in [0, 0.05) is 16.3 Å². The number of imidazole rings is 1. The molecule has 0 saturated heterocycles. The Hall–Kier alpha value is -5.22. The van der Waals surface area contributed by atoms with Crippen LogP contribution in [0.5, 0.6) is 0 Å². The number of nitrogens with zero attached hydrogens (tertiary/aromatic N) is 2. The largest absolute Gasteiger partial charge is 0.455 e. The zero-order valence-electron chi connectivity index (χ0n) is 20.8. The summed E-state index contributed by atoms with van der Waals surface area (Å²) in [5.41, 5.74) is 6.92. The number of aromatic nitrogens is 2. The van der Waals surface area contributed by atoms with Crippen LogP contribution in [0, 0.1) is 5.82 Å². The zero-order valence-corrected chi connectivity index (χ0v) is 20.8. The maximum atomic E-state index is 15.5. The van der Waals surface area contributed by atoms with Gasteiger partial charge in [-0.2, -0.15) is 0 Å². The highest BCUT2D eigenvalue weighted by molar-refractivity contribution is 6.17. The van der Waals surface area contributed by atoms with Gasteiger partial charge in [0.2, 0.25) is 0 Å². The topological polar surface area (TPSA) is 31.0 Å². The summed E-state index contributed by atoms with van der Waals surface area (Å²) in [4.78, 5) is 5.09. The van der Waals surface area contributed by atoms with E-state index >= 15 is 4.39 Å². The second-order valence-electron chi connectivity index (χ2n) is 9.71. The van der Waals surface area contributed by atoms with Crippen LogP contribution in [0.15, 0.2) is 132 Å². The molecule has 0 saturated carbocycles. The van der Waals surface area contributed by atoms with Crippen molar-refractivity contribution in [2.24, 2.45) is 0 Å². The molecule has 39 heavy (non-hydrogen) atoms. The Labute approximate surface area is 223 Å². The molecular formula is C35H21FN2O. The van der Waals surface area contributed by atoms with E-state index in [2.05, 4.69) is 34.9 Å². The molecule has 8 aromatic rings. The molecule has 0 aliphatic carbocycles. The van der Waals surface area contributed by atoms with Gasteiger partial charge in [0.05, 0.1) is 27.7 Å². The third-order valence-electron chi connectivity index (χ3n) is 7.49. The molecule has 0 fully saturated rings. The van der Waals surface area contributed by atoms with Crippen LogP contribution in [-0.4, -0.2) is 9.55 Å². The molecule has 0 atom stereocenters.